The van der Waals surface area contributed by atoms with Crippen LogP contribution in [-0.4, -0.2) is 9.78 Å². The van der Waals surface area contributed by atoms with Gasteiger partial charge in [0.05, 0.1) is 23.6 Å². The van der Waals surface area contributed by atoms with Gasteiger partial charge in [-0.05, 0) is 44.0 Å². The van der Waals surface area contributed by atoms with Crippen LogP contribution in [0.2, 0.25) is 0 Å². The second-order valence-electron chi connectivity index (χ2n) is 4.31. The van der Waals surface area contributed by atoms with Crippen LogP contribution in [0.5, 0.6) is 0 Å². The summed E-state index contributed by atoms with van der Waals surface area (Å²) in [7, 11) is 0. The van der Waals surface area contributed by atoms with E-state index >= 15 is 0 Å². The molecule has 0 unspecified atom stereocenters. The minimum absolute atomic E-state index is 0.222. The highest BCUT2D eigenvalue weighted by molar-refractivity contribution is 5.47. The van der Waals surface area contributed by atoms with Gasteiger partial charge < -0.3 is 5.73 Å². The van der Waals surface area contributed by atoms with Crippen molar-refractivity contribution in [1.82, 2.24) is 9.78 Å². The third-order valence-corrected chi connectivity index (χ3v) is 3.07. The molecule has 0 aliphatic rings. The molecule has 0 aliphatic carbocycles. The summed E-state index contributed by atoms with van der Waals surface area (Å²) >= 11 is 0. The zero-order chi connectivity index (χ0) is 12.6. The molecule has 1 heterocycles. The zero-order valence-electron chi connectivity index (χ0n) is 10.3. The van der Waals surface area contributed by atoms with Crippen LogP contribution >= 0.6 is 0 Å². The summed E-state index contributed by atoms with van der Waals surface area (Å²) in [6.45, 7) is 6.30. The lowest BCUT2D eigenvalue weighted by Gasteiger charge is -2.08. The standard InChI is InChI=1S/C13H16FN3/c1-8-4-5-12(14)6-11(8)7-17-10(3)13(15)9(2)16-17/h4-6H,7,15H2,1-3H3. The normalized spacial score (nSPS) is 10.8. The van der Waals surface area contributed by atoms with Crippen LogP contribution in [0.15, 0.2) is 18.2 Å². The van der Waals surface area contributed by atoms with Gasteiger partial charge in [-0.2, -0.15) is 5.10 Å². The van der Waals surface area contributed by atoms with E-state index in [0.29, 0.717) is 12.2 Å². The van der Waals surface area contributed by atoms with Crippen LogP contribution in [0.25, 0.3) is 0 Å². The molecule has 17 heavy (non-hydrogen) atoms. The molecule has 0 fully saturated rings. The van der Waals surface area contributed by atoms with E-state index in [2.05, 4.69) is 5.10 Å². The van der Waals surface area contributed by atoms with Crippen molar-refractivity contribution in [3.05, 3.63) is 46.5 Å². The first kappa shape index (κ1) is 11.6. The molecule has 0 amide bonds. The number of nitrogens with two attached hydrogens (primary N) is 1. The van der Waals surface area contributed by atoms with E-state index in [4.69, 9.17) is 5.73 Å². The largest absolute Gasteiger partial charge is 0.396 e. The molecule has 4 heteroatoms. The Hall–Kier alpha value is -1.84. The van der Waals surface area contributed by atoms with Crippen molar-refractivity contribution in [2.24, 2.45) is 0 Å². The van der Waals surface area contributed by atoms with Gasteiger partial charge in [-0.15, -0.1) is 0 Å². The molecule has 2 N–H and O–H groups in total. The third-order valence-electron chi connectivity index (χ3n) is 3.07. The van der Waals surface area contributed by atoms with Gasteiger partial charge in [0.2, 0.25) is 0 Å². The van der Waals surface area contributed by atoms with E-state index in [-0.39, 0.29) is 5.82 Å². The first-order valence-corrected chi connectivity index (χ1v) is 5.53. The minimum atomic E-state index is -0.222. The summed E-state index contributed by atoms with van der Waals surface area (Å²) in [6, 6.07) is 4.79. The van der Waals surface area contributed by atoms with Gasteiger partial charge in [0, 0.05) is 0 Å². The maximum absolute atomic E-state index is 13.2. The Bertz CT molecular complexity index is 558. The molecule has 2 rings (SSSR count). The van der Waals surface area contributed by atoms with E-state index in [1.807, 2.05) is 25.5 Å². The Labute approximate surface area is 100 Å². The topological polar surface area (TPSA) is 43.8 Å². The van der Waals surface area contributed by atoms with Crippen molar-refractivity contribution in [1.29, 1.82) is 0 Å². The van der Waals surface area contributed by atoms with Crippen LogP contribution in [0, 0.1) is 26.6 Å². The predicted molar refractivity (Wildman–Crippen MR) is 66.4 cm³/mol. The Morgan fingerprint density at radius 1 is 1.29 bits per heavy atom. The smallest absolute Gasteiger partial charge is 0.123 e. The third kappa shape index (κ3) is 2.16. The number of nitrogens with zero attached hydrogens (tertiary/aromatic N) is 2. The summed E-state index contributed by atoms with van der Waals surface area (Å²) < 4.78 is 15.0. The number of benzene rings is 1. The van der Waals surface area contributed by atoms with Crippen LogP contribution < -0.4 is 5.73 Å². The molecule has 0 spiro atoms. The number of anilines is 1. The van der Waals surface area contributed by atoms with Gasteiger partial charge in [-0.1, -0.05) is 6.07 Å². The van der Waals surface area contributed by atoms with Crippen LogP contribution in [0.1, 0.15) is 22.5 Å². The number of halogens is 1. The fraction of sp³-hybridized carbons (Fsp3) is 0.308. The fourth-order valence-corrected chi connectivity index (χ4v) is 1.84. The van der Waals surface area contributed by atoms with Crippen molar-refractivity contribution < 1.29 is 4.39 Å². The van der Waals surface area contributed by atoms with Gasteiger partial charge in [-0.25, -0.2) is 4.39 Å². The molecule has 1 aromatic carbocycles. The van der Waals surface area contributed by atoms with E-state index in [9.17, 15) is 4.39 Å². The minimum Gasteiger partial charge on any atom is -0.396 e. The average Bonchev–Trinajstić information content (AvgIpc) is 2.52. The second-order valence-corrected chi connectivity index (χ2v) is 4.31. The van der Waals surface area contributed by atoms with Crippen molar-refractivity contribution >= 4 is 5.69 Å². The maximum Gasteiger partial charge on any atom is 0.123 e. The molecule has 0 saturated carbocycles. The Morgan fingerprint density at radius 3 is 2.59 bits per heavy atom. The lowest BCUT2D eigenvalue weighted by Crippen LogP contribution is -2.06. The SMILES string of the molecule is Cc1ccc(F)cc1Cn1nc(C)c(N)c1C. The molecule has 0 atom stereocenters. The Balaban J connectivity index is 2.37. The number of aromatic nitrogens is 2. The lowest BCUT2D eigenvalue weighted by atomic mass is 10.1. The van der Waals surface area contributed by atoms with Crippen molar-refractivity contribution in [2.45, 2.75) is 27.3 Å². The highest BCUT2D eigenvalue weighted by Gasteiger charge is 2.09. The summed E-state index contributed by atoms with van der Waals surface area (Å²) in [4.78, 5) is 0. The van der Waals surface area contributed by atoms with Crippen LogP contribution in [-0.2, 0) is 6.54 Å². The average molecular weight is 233 g/mol. The quantitative estimate of drug-likeness (QED) is 0.866. The second kappa shape index (κ2) is 4.20. The first-order valence-electron chi connectivity index (χ1n) is 5.53. The molecule has 0 aliphatic heterocycles. The van der Waals surface area contributed by atoms with E-state index in [1.165, 1.54) is 6.07 Å². The van der Waals surface area contributed by atoms with Crippen LogP contribution in [0.4, 0.5) is 10.1 Å². The number of hydrogen-bond acceptors (Lipinski definition) is 2. The first-order chi connectivity index (χ1) is 7.99. The Kier molecular flexibility index (Phi) is 2.88. The summed E-state index contributed by atoms with van der Waals surface area (Å²) in [6.07, 6.45) is 0. The van der Waals surface area contributed by atoms with Gasteiger partial charge >= 0.3 is 0 Å². The van der Waals surface area contributed by atoms with Crippen LogP contribution in [0.3, 0.4) is 0 Å². The number of aryl methyl sites for hydroxylation is 2. The molecule has 90 valence electrons. The van der Waals surface area contributed by atoms with Gasteiger partial charge in [0.1, 0.15) is 5.82 Å². The lowest BCUT2D eigenvalue weighted by molar-refractivity contribution is 0.614. The number of hydrogen-bond donors (Lipinski definition) is 1. The maximum atomic E-state index is 13.2. The van der Waals surface area contributed by atoms with Crippen molar-refractivity contribution in [2.75, 3.05) is 5.73 Å². The molecule has 0 radical (unpaired) electrons. The van der Waals surface area contributed by atoms with E-state index in [0.717, 1.165) is 22.5 Å². The molecule has 3 nitrogen and oxygen atoms in total. The fourth-order valence-electron chi connectivity index (χ4n) is 1.84. The molecule has 1 aromatic heterocycles. The van der Waals surface area contributed by atoms with Gasteiger partial charge in [-0.3, -0.25) is 4.68 Å². The highest BCUT2D eigenvalue weighted by Crippen LogP contribution is 2.18. The monoisotopic (exact) mass is 233 g/mol. The molecule has 0 bridgehead atoms. The van der Waals surface area contributed by atoms with Gasteiger partial charge in [0.25, 0.3) is 0 Å². The number of rotatable bonds is 2. The molecular formula is C13H16FN3. The Morgan fingerprint density at radius 2 is 2.00 bits per heavy atom. The highest BCUT2D eigenvalue weighted by atomic mass is 19.1. The number of nitrogen functional groups attached to an aromatic ring is 1. The zero-order valence-corrected chi connectivity index (χ0v) is 10.3. The summed E-state index contributed by atoms with van der Waals surface area (Å²) in [5, 5.41) is 4.35. The van der Waals surface area contributed by atoms with E-state index < -0.39 is 0 Å². The van der Waals surface area contributed by atoms with Gasteiger partial charge in [0.15, 0.2) is 0 Å². The molecular weight excluding hydrogens is 217 g/mol. The summed E-state index contributed by atoms with van der Waals surface area (Å²) in [5.41, 5.74) is 10.3. The van der Waals surface area contributed by atoms with E-state index in [1.54, 1.807) is 12.1 Å². The van der Waals surface area contributed by atoms with Crippen molar-refractivity contribution in [3.8, 4) is 0 Å². The molecule has 2 aromatic rings. The summed E-state index contributed by atoms with van der Waals surface area (Å²) in [5.74, 6) is -0.222. The predicted octanol–water partition coefficient (Wildman–Crippen LogP) is 2.58. The van der Waals surface area contributed by atoms with Crippen molar-refractivity contribution in [3.63, 3.8) is 0 Å². The molecule has 0 saturated heterocycles.